The summed E-state index contributed by atoms with van der Waals surface area (Å²) in [4.78, 5) is 24.7. The lowest BCUT2D eigenvalue weighted by atomic mass is 9.87. The lowest BCUT2D eigenvalue weighted by Gasteiger charge is -2.44. The Morgan fingerprint density at radius 3 is 2.50 bits per heavy atom. The van der Waals surface area contributed by atoms with E-state index in [0.717, 1.165) is 18.8 Å². The van der Waals surface area contributed by atoms with Crippen molar-refractivity contribution in [3.05, 3.63) is 0 Å². The highest BCUT2D eigenvalue weighted by molar-refractivity contribution is 8.00. The Bertz CT molecular complexity index is 348. The molecule has 1 saturated carbocycles. The van der Waals surface area contributed by atoms with Crippen molar-refractivity contribution in [1.29, 1.82) is 0 Å². The highest BCUT2D eigenvalue weighted by Gasteiger charge is 2.38. The van der Waals surface area contributed by atoms with Gasteiger partial charge in [-0.1, -0.05) is 19.3 Å². The average Bonchev–Trinajstić information content (AvgIpc) is 2.44. The lowest BCUT2D eigenvalue weighted by Crippen LogP contribution is -2.49. The van der Waals surface area contributed by atoms with Crippen LogP contribution in [0.25, 0.3) is 0 Å². The minimum absolute atomic E-state index is 0.174. The molecule has 0 unspecified atom stereocenters. The van der Waals surface area contributed by atoms with E-state index in [9.17, 15) is 9.59 Å². The Kier molecular flexibility index (Phi) is 5.75. The Morgan fingerprint density at radius 1 is 1.10 bits per heavy atom. The fourth-order valence-electron chi connectivity index (χ4n) is 3.27. The minimum atomic E-state index is -0.770. The van der Waals surface area contributed by atoms with Crippen LogP contribution in [0.2, 0.25) is 0 Å². The van der Waals surface area contributed by atoms with E-state index < -0.39 is 5.97 Å². The number of carboxylic acid groups (broad SMARTS) is 1. The molecule has 0 radical (unpaired) electrons. The Morgan fingerprint density at radius 2 is 1.80 bits per heavy atom. The molecule has 1 aliphatic carbocycles. The second-order valence-corrected chi connectivity index (χ2v) is 7.57. The highest BCUT2D eigenvalue weighted by atomic mass is 32.2. The van der Waals surface area contributed by atoms with Crippen LogP contribution in [0.1, 0.15) is 57.8 Å². The van der Waals surface area contributed by atoms with Crippen LogP contribution in [0.4, 0.5) is 0 Å². The summed E-state index contributed by atoms with van der Waals surface area (Å²) in [6.45, 7) is 1.78. The van der Waals surface area contributed by atoms with Gasteiger partial charge in [-0.25, -0.2) is 0 Å². The minimum Gasteiger partial charge on any atom is -0.481 e. The number of hydrogen-bond donors (Lipinski definition) is 1. The van der Waals surface area contributed by atoms with Crippen molar-refractivity contribution in [2.24, 2.45) is 0 Å². The van der Waals surface area contributed by atoms with Gasteiger partial charge in [-0.2, -0.15) is 11.8 Å². The summed E-state index contributed by atoms with van der Waals surface area (Å²) in [7, 11) is 0. The van der Waals surface area contributed by atoms with Gasteiger partial charge in [0, 0.05) is 36.4 Å². The van der Waals surface area contributed by atoms with E-state index in [1.165, 1.54) is 32.1 Å². The van der Waals surface area contributed by atoms with Gasteiger partial charge in [0.1, 0.15) is 0 Å². The summed E-state index contributed by atoms with van der Waals surface area (Å²) >= 11 is 2.07. The van der Waals surface area contributed by atoms with Crippen molar-refractivity contribution < 1.29 is 14.7 Å². The predicted molar refractivity (Wildman–Crippen MR) is 81.0 cm³/mol. The number of nitrogens with zero attached hydrogens (tertiary/aromatic N) is 1. The molecule has 2 rings (SSSR count). The highest BCUT2D eigenvalue weighted by Crippen LogP contribution is 2.42. The average molecular weight is 299 g/mol. The molecular formula is C15H25NO3S. The molecule has 1 aliphatic heterocycles. The van der Waals surface area contributed by atoms with Crippen LogP contribution in [0.5, 0.6) is 0 Å². The fourth-order valence-corrected chi connectivity index (χ4v) is 4.84. The summed E-state index contributed by atoms with van der Waals surface area (Å²) in [6, 6.07) is 0. The number of thioether (sulfide) groups is 1. The Balaban J connectivity index is 1.76. The van der Waals surface area contributed by atoms with Gasteiger partial charge >= 0.3 is 5.97 Å². The van der Waals surface area contributed by atoms with Crippen molar-refractivity contribution in [2.75, 3.05) is 18.8 Å². The molecule has 5 heteroatoms. The first kappa shape index (κ1) is 15.7. The van der Waals surface area contributed by atoms with Crippen molar-refractivity contribution in [2.45, 2.75) is 62.5 Å². The van der Waals surface area contributed by atoms with E-state index in [0.29, 0.717) is 24.0 Å². The van der Waals surface area contributed by atoms with Crippen LogP contribution < -0.4 is 0 Å². The van der Waals surface area contributed by atoms with Crippen molar-refractivity contribution in [3.8, 4) is 0 Å². The molecule has 1 spiro atoms. The van der Waals surface area contributed by atoms with Crippen molar-refractivity contribution in [3.63, 3.8) is 0 Å². The third kappa shape index (κ3) is 4.40. The number of amides is 1. The lowest BCUT2D eigenvalue weighted by molar-refractivity contribution is -0.137. The van der Waals surface area contributed by atoms with Crippen LogP contribution in [0, 0.1) is 0 Å². The predicted octanol–water partition coefficient (Wildman–Crippen LogP) is 2.91. The van der Waals surface area contributed by atoms with Gasteiger partial charge < -0.3 is 10.0 Å². The molecule has 1 amide bonds. The van der Waals surface area contributed by atoms with Crippen LogP contribution in [-0.2, 0) is 9.59 Å². The Labute approximate surface area is 125 Å². The van der Waals surface area contributed by atoms with E-state index >= 15 is 0 Å². The normalized spacial score (nSPS) is 21.9. The second kappa shape index (κ2) is 7.34. The van der Waals surface area contributed by atoms with E-state index in [1.54, 1.807) is 0 Å². The molecule has 0 aromatic heterocycles. The SMILES string of the molecule is O=C(O)CCCCC(=O)N1CCSC2(CCCCC2)C1. The van der Waals surface area contributed by atoms with Crippen LogP contribution in [-0.4, -0.2) is 45.5 Å². The molecule has 4 nitrogen and oxygen atoms in total. The van der Waals surface area contributed by atoms with Gasteiger partial charge in [0.2, 0.25) is 5.91 Å². The molecule has 1 N–H and O–H groups in total. The zero-order valence-electron chi connectivity index (χ0n) is 12.1. The first-order valence-electron chi connectivity index (χ1n) is 7.75. The molecule has 1 saturated heterocycles. The maximum atomic E-state index is 12.2. The summed E-state index contributed by atoms with van der Waals surface area (Å²) in [5.41, 5.74) is 0. The maximum absolute atomic E-state index is 12.2. The maximum Gasteiger partial charge on any atom is 0.303 e. The number of carboxylic acids is 1. The molecule has 0 atom stereocenters. The van der Waals surface area contributed by atoms with Gasteiger partial charge in [0.25, 0.3) is 0 Å². The van der Waals surface area contributed by atoms with Crippen LogP contribution >= 0.6 is 11.8 Å². The fraction of sp³-hybridized carbons (Fsp3) is 0.867. The van der Waals surface area contributed by atoms with Crippen molar-refractivity contribution >= 4 is 23.6 Å². The summed E-state index contributed by atoms with van der Waals surface area (Å²) in [5, 5.41) is 8.60. The molecule has 1 heterocycles. The zero-order valence-corrected chi connectivity index (χ0v) is 12.9. The largest absolute Gasteiger partial charge is 0.481 e. The van der Waals surface area contributed by atoms with E-state index in [1.807, 2.05) is 4.90 Å². The number of hydrogen-bond acceptors (Lipinski definition) is 3. The molecular weight excluding hydrogens is 274 g/mol. The third-order valence-electron chi connectivity index (χ3n) is 4.40. The van der Waals surface area contributed by atoms with Crippen LogP contribution in [0.3, 0.4) is 0 Å². The summed E-state index contributed by atoms with van der Waals surface area (Å²) in [6.07, 6.45) is 8.42. The topological polar surface area (TPSA) is 57.6 Å². The number of aliphatic carboxylic acids is 1. The number of carbonyl (C=O) groups excluding carboxylic acids is 1. The third-order valence-corrected chi connectivity index (χ3v) is 5.93. The molecule has 2 aliphatic rings. The number of carbonyl (C=O) groups is 2. The molecule has 20 heavy (non-hydrogen) atoms. The van der Waals surface area contributed by atoms with E-state index in [2.05, 4.69) is 11.8 Å². The van der Waals surface area contributed by atoms with Gasteiger partial charge in [0.05, 0.1) is 0 Å². The monoisotopic (exact) mass is 299 g/mol. The molecule has 114 valence electrons. The zero-order chi connectivity index (χ0) is 14.4. The van der Waals surface area contributed by atoms with E-state index in [-0.39, 0.29) is 12.3 Å². The van der Waals surface area contributed by atoms with Gasteiger partial charge in [0.15, 0.2) is 0 Å². The molecule has 0 bridgehead atoms. The van der Waals surface area contributed by atoms with Gasteiger partial charge in [-0.05, 0) is 25.7 Å². The number of unbranched alkanes of at least 4 members (excludes halogenated alkanes) is 1. The van der Waals surface area contributed by atoms with E-state index in [4.69, 9.17) is 5.11 Å². The van der Waals surface area contributed by atoms with Crippen LogP contribution in [0.15, 0.2) is 0 Å². The standard InChI is InChI=1S/C15H25NO3S/c17-13(6-2-3-7-14(18)19)16-10-11-20-15(12-16)8-4-1-5-9-15/h1-12H2,(H,18,19). The first-order valence-corrected chi connectivity index (χ1v) is 8.73. The summed E-state index contributed by atoms with van der Waals surface area (Å²) < 4.78 is 0.327. The smallest absolute Gasteiger partial charge is 0.303 e. The first-order chi connectivity index (χ1) is 9.61. The van der Waals surface area contributed by atoms with Crippen molar-refractivity contribution in [1.82, 2.24) is 4.90 Å². The van der Waals surface area contributed by atoms with Gasteiger partial charge in [-0.3, -0.25) is 9.59 Å². The summed E-state index contributed by atoms with van der Waals surface area (Å²) in [5.74, 6) is 0.509. The molecule has 0 aromatic rings. The second-order valence-electron chi connectivity index (χ2n) is 6.01. The van der Waals surface area contributed by atoms with Gasteiger partial charge in [-0.15, -0.1) is 0 Å². The number of rotatable bonds is 5. The Hall–Kier alpha value is -0.710. The quantitative estimate of drug-likeness (QED) is 0.793. The molecule has 2 fully saturated rings. The molecule has 0 aromatic carbocycles.